The third-order valence-corrected chi connectivity index (χ3v) is 4.62. The molecule has 1 amide bonds. The second kappa shape index (κ2) is 5.97. The molecule has 2 aliphatic rings. The summed E-state index contributed by atoms with van der Waals surface area (Å²) in [5, 5.41) is 11.8. The van der Waals surface area contributed by atoms with Crippen molar-refractivity contribution in [2.24, 2.45) is 11.8 Å². The topological polar surface area (TPSA) is 61.4 Å². The molecule has 6 nitrogen and oxygen atoms in total. The molecule has 1 N–H and O–H groups in total. The molecule has 0 radical (unpaired) electrons. The van der Waals surface area contributed by atoms with E-state index in [1.54, 1.807) is 20.2 Å². The van der Waals surface area contributed by atoms with Crippen molar-refractivity contribution in [1.29, 1.82) is 0 Å². The van der Waals surface area contributed by atoms with Gasteiger partial charge in [-0.1, -0.05) is 0 Å². The minimum atomic E-state index is -0.106. The predicted molar refractivity (Wildman–Crippen MR) is 81.3 cm³/mol. The lowest BCUT2D eigenvalue weighted by atomic mass is 9.92. The summed E-state index contributed by atoms with van der Waals surface area (Å²) in [6.07, 6.45) is 2.41. The Labute approximate surface area is 125 Å². The fourth-order valence-electron chi connectivity index (χ4n) is 3.28. The highest BCUT2D eigenvalue weighted by Crippen LogP contribution is 2.28. The zero-order chi connectivity index (χ0) is 14.8. The Morgan fingerprint density at radius 1 is 1.19 bits per heavy atom. The van der Waals surface area contributed by atoms with Gasteiger partial charge in [0.25, 0.3) is 5.91 Å². The van der Waals surface area contributed by atoms with Crippen LogP contribution in [-0.2, 0) is 0 Å². The van der Waals surface area contributed by atoms with Crippen LogP contribution in [0.4, 0.5) is 5.82 Å². The maximum Gasteiger partial charge on any atom is 0.273 e. The van der Waals surface area contributed by atoms with Gasteiger partial charge in [-0.2, -0.15) is 0 Å². The molecule has 3 heterocycles. The van der Waals surface area contributed by atoms with E-state index in [1.165, 1.54) is 17.7 Å². The highest BCUT2D eigenvalue weighted by molar-refractivity contribution is 5.91. The molecule has 0 aliphatic carbocycles. The Bertz CT molecular complexity index is 487. The highest BCUT2D eigenvalue weighted by atomic mass is 16.2. The molecule has 0 saturated carbocycles. The van der Waals surface area contributed by atoms with Crippen LogP contribution in [0.1, 0.15) is 23.3 Å². The van der Waals surface area contributed by atoms with E-state index < -0.39 is 0 Å². The summed E-state index contributed by atoms with van der Waals surface area (Å²) in [6, 6.07) is 3.70. The lowest BCUT2D eigenvalue weighted by molar-refractivity contribution is 0.0821. The minimum Gasteiger partial charge on any atom is -0.355 e. The van der Waals surface area contributed by atoms with Gasteiger partial charge in [-0.15, -0.1) is 10.2 Å². The normalized spacial score (nSPS) is 25.3. The smallest absolute Gasteiger partial charge is 0.273 e. The van der Waals surface area contributed by atoms with E-state index in [1.807, 2.05) is 6.07 Å². The van der Waals surface area contributed by atoms with Crippen molar-refractivity contribution >= 4 is 11.7 Å². The van der Waals surface area contributed by atoms with Crippen molar-refractivity contribution in [3.63, 3.8) is 0 Å². The standard InChI is InChI=1S/C15H23N5O/c1-19(2)15(21)13-3-4-14(18-17-13)20-7-5-11-9-16-10-12(11)6-8-20/h3-4,11-12,16H,5-10H2,1-2H3/t11-,12+. The molecule has 0 spiro atoms. The third kappa shape index (κ3) is 3.00. The largest absolute Gasteiger partial charge is 0.355 e. The number of nitrogens with zero attached hydrogens (tertiary/aromatic N) is 4. The molecule has 2 fully saturated rings. The average Bonchev–Trinajstić information content (AvgIpc) is 2.85. The number of anilines is 1. The number of rotatable bonds is 2. The van der Waals surface area contributed by atoms with E-state index >= 15 is 0 Å². The number of nitrogens with one attached hydrogen (secondary N) is 1. The Kier molecular flexibility index (Phi) is 4.05. The van der Waals surface area contributed by atoms with E-state index in [4.69, 9.17) is 0 Å². The number of carbonyl (C=O) groups is 1. The van der Waals surface area contributed by atoms with Crippen LogP contribution < -0.4 is 10.2 Å². The summed E-state index contributed by atoms with van der Waals surface area (Å²) < 4.78 is 0. The van der Waals surface area contributed by atoms with Crippen LogP contribution in [0.2, 0.25) is 0 Å². The summed E-state index contributed by atoms with van der Waals surface area (Å²) in [5.41, 5.74) is 0.402. The molecule has 1 aromatic heterocycles. The zero-order valence-corrected chi connectivity index (χ0v) is 12.7. The van der Waals surface area contributed by atoms with Gasteiger partial charge < -0.3 is 15.1 Å². The van der Waals surface area contributed by atoms with Crippen molar-refractivity contribution < 1.29 is 4.79 Å². The quantitative estimate of drug-likeness (QED) is 0.864. The summed E-state index contributed by atoms with van der Waals surface area (Å²) in [4.78, 5) is 15.6. The molecule has 1 aromatic rings. The molecule has 21 heavy (non-hydrogen) atoms. The number of hydrogen-bond acceptors (Lipinski definition) is 5. The summed E-state index contributed by atoms with van der Waals surface area (Å²) in [6.45, 7) is 4.36. The van der Waals surface area contributed by atoms with Crippen molar-refractivity contribution in [3.8, 4) is 0 Å². The minimum absolute atomic E-state index is 0.106. The van der Waals surface area contributed by atoms with E-state index in [-0.39, 0.29) is 5.91 Å². The predicted octanol–water partition coefficient (Wildman–Crippen LogP) is 0.614. The first-order valence-electron chi connectivity index (χ1n) is 7.66. The maximum atomic E-state index is 11.8. The second-order valence-corrected chi connectivity index (χ2v) is 6.22. The summed E-state index contributed by atoms with van der Waals surface area (Å²) in [7, 11) is 3.44. The molecule has 2 saturated heterocycles. The van der Waals surface area contributed by atoms with Crippen LogP contribution in [0.25, 0.3) is 0 Å². The molecule has 2 aliphatic heterocycles. The molecule has 0 unspecified atom stereocenters. The van der Waals surface area contributed by atoms with Crippen LogP contribution in [0.15, 0.2) is 12.1 Å². The van der Waals surface area contributed by atoms with E-state index in [2.05, 4.69) is 20.4 Å². The number of fused-ring (bicyclic) bond motifs is 1. The van der Waals surface area contributed by atoms with Gasteiger partial charge in [-0.25, -0.2) is 0 Å². The van der Waals surface area contributed by atoms with Gasteiger partial charge in [0.2, 0.25) is 0 Å². The molecule has 3 rings (SSSR count). The van der Waals surface area contributed by atoms with Gasteiger partial charge in [0.05, 0.1) is 0 Å². The van der Waals surface area contributed by atoms with Crippen LogP contribution in [0.5, 0.6) is 0 Å². The lowest BCUT2D eigenvalue weighted by Crippen LogP contribution is -2.28. The molecular weight excluding hydrogens is 266 g/mol. The first kappa shape index (κ1) is 14.3. The highest BCUT2D eigenvalue weighted by Gasteiger charge is 2.30. The SMILES string of the molecule is CN(C)C(=O)c1ccc(N2CC[C@@H]3CNC[C@@H]3CC2)nn1. The molecule has 6 heteroatoms. The molecule has 114 valence electrons. The van der Waals surface area contributed by atoms with E-state index in [0.29, 0.717) is 5.69 Å². The number of hydrogen-bond donors (Lipinski definition) is 1. The Hall–Kier alpha value is -1.69. The van der Waals surface area contributed by atoms with Gasteiger partial charge in [0.15, 0.2) is 11.5 Å². The van der Waals surface area contributed by atoms with Crippen molar-refractivity contribution in [3.05, 3.63) is 17.8 Å². The Morgan fingerprint density at radius 3 is 2.38 bits per heavy atom. The van der Waals surface area contributed by atoms with Crippen molar-refractivity contribution in [1.82, 2.24) is 20.4 Å². The van der Waals surface area contributed by atoms with Crippen LogP contribution >= 0.6 is 0 Å². The average molecular weight is 289 g/mol. The van der Waals surface area contributed by atoms with Gasteiger partial charge in [0, 0.05) is 27.2 Å². The first-order chi connectivity index (χ1) is 10.1. The maximum absolute atomic E-state index is 11.8. The molecule has 0 bridgehead atoms. The van der Waals surface area contributed by atoms with Gasteiger partial charge >= 0.3 is 0 Å². The first-order valence-corrected chi connectivity index (χ1v) is 7.66. The van der Waals surface area contributed by atoms with Gasteiger partial charge in [-0.05, 0) is 49.9 Å². The fourth-order valence-corrected chi connectivity index (χ4v) is 3.28. The van der Waals surface area contributed by atoms with Crippen LogP contribution in [0, 0.1) is 11.8 Å². The number of carbonyl (C=O) groups excluding carboxylic acids is 1. The Balaban J connectivity index is 1.68. The zero-order valence-electron chi connectivity index (χ0n) is 12.7. The van der Waals surface area contributed by atoms with Crippen LogP contribution in [0.3, 0.4) is 0 Å². The molecule has 2 atom stereocenters. The van der Waals surface area contributed by atoms with Crippen molar-refractivity contribution in [2.45, 2.75) is 12.8 Å². The second-order valence-electron chi connectivity index (χ2n) is 6.22. The summed E-state index contributed by atoms with van der Waals surface area (Å²) in [5.74, 6) is 2.39. The summed E-state index contributed by atoms with van der Waals surface area (Å²) >= 11 is 0. The van der Waals surface area contributed by atoms with Gasteiger partial charge in [0.1, 0.15) is 0 Å². The molecule has 0 aromatic carbocycles. The van der Waals surface area contributed by atoms with Crippen molar-refractivity contribution in [2.75, 3.05) is 45.2 Å². The van der Waals surface area contributed by atoms with Gasteiger partial charge in [-0.3, -0.25) is 4.79 Å². The van der Waals surface area contributed by atoms with Crippen LogP contribution in [-0.4, -0.2) is 61.3 Å². The number of aromatic nitrogens is 2. The number of amides is 1. The third-order valence-electron chi connectivity index (χ3n) is 4.62. The lowest BCUT2D eigenvalue weighted by Gasteiger charge is -2.21. The Morgan fingerprint density at radius 2 is 1.86 bits per heavy atom. The monoisotopic (exact) mass is 289 g/mol. The molecular formula is C15H23N5O. The van der Waals surface area contributed by atoms with E-state index in [0.717, 1.165) is 43.8 Å². The fraction of sp³-hybridized carbons (Fsp3) is 0.667. The van der Waals surface area contributed by atoms with E-state index in [9.17, 15) is 4.79 Å².